The van der Waals surface area contributed by atoms with Crippen LogP contribution in [0, 0.1) is 5.92 Å². The molecule has 8 nitrogen and oxygen atoms in total. The summed E-state index contributed by atoms with van der Waals surface area (Å²) in [7, 11) is 1.41. The molecule has 1 aliphatic rings. The van der Waals surface area contributed by atoms with Crippen LogP contribution in [-0.2, 0) is 14.3 Å². The summed E-state index contributed by atoms with van der Waals surface area (Å²) in [5.41, 5.74) is 5.26. The van der Waals surface area contributed by atoms with E-state index >= 15 is 0 Å². The lowest BCUT2D eigenvalue weighted by Gasteiger charge is -2.31. The number of likely N-dealkylation sites (tertiary alicyclic amines) is 1. The zero-order chi connectivity index (χ0) is 20.0. The second-order valence-electron chi connectivity index (χ2n) is 6.68. The summed E-state index contributed by atoms with van der Waals surface area (Å²) >= 11 is 0. The highest BCUT2D eigenvalue weighted by Crippen LogP contribution is 2.28. The fraction of sp³-hybridized carbons (Fsp3) is 0.526. The van der Waals surface area contributed by atoms with Gasteiger partial charge >= 0.3 is 5.97 Å². The molecule has 2 rings (SSSR count). The van der Waals surface area contributed by atoms with E-state index in [1.165, 1.54) is 25.3 Å². The number of ether oxygens (including phenoxy) is 3. The third-order valence-electron chi connectivity index (χ3n) is 4.50. The van der Waals surface area contributed by atoms with Crippen molar-refractivity contribution in [1.29, 1.82) is 0 Å². The maximum Gasteiger partial charge on any atom is 0.339 e. The minimum absolute atomic E-state index is 0.191. The molecular formula is C19H26N2O6. The van der Waals surface area contributed by atoms with Crippen molar-refractivity contribution in [3.63, 3.8) is 0 Å². The highest BCUT2D eigenvalue weighted by Gasteiger charge is 2.27. The first kappa shape index (κ1) is 20.5. The zero-order valence-electron chi connectivity index (χ0n) is 15.9. The molecule has 0 spiro atoms. The quantitative estimate of drug-likeness (QED) is 0.718. The van der Waals surface area contributed by atoms with Crippen molar-refractivity contribution < 1.29 is 28.6 Å². The summed E-state index contributed by atoms with van der Waals surface area (Å²) in [6.07, 6.45) is 1.04. The van der Waals surface area contributed by atoms with Gasteiger partial charge in [-0.2, -0.15) is 0 Å². The summed E-state index contributed by atoms with van der Waals surface area (Å²) in [4.78, 5) is 37.4. The predicted molar refractivity (Wildman–Crippen MR) is 97.5 cm³/mol. The van der Waals surface area contributed by atoms with E-state index in [0.717, 1.165) is 12.8 Å². The lowest BCUT2D eigenvalue weighted by Crippen LogP contribution is -2.44. The van der Waals surface area contributed by atoms with E-state index in [1.807, 2.05) is 0 Å². The smallest absolute Gasteiger partial charge is 0.339 e. The molecule has 1 fully saturated rings. The van der Waals surface area contributed by atoms with Crippen LogP contribution in [0.1, 0.15) is 37.0 Å². The number of carbonyl (C=O) groups is 3. The van der Waals surface area contributed by atoms with Crippen molar-refractivity contribution in [2.45, 2.75) is 32.8 Å². The number of benzene rings is 1. The molecule has 148 valence electrons. The van der Waals surface area contributed by atoms with E-state index in [-0.39, 0.29) is 29.6 Å². The Kier molecular flexibility index (Phi) is 7.04. The van der Waals surface area contributed by atoms with Crippen LogP contribution >= 0.6 is 0 Å². The Morgan fingerprint density at radius 3 is 2.48 bits per heavy atom. The maximum absolute atomic E-state index is 12.5. The Hall–Kier alpha value is -2.77. The van der Waals surface area contributed by atoms with Crippen LogP contribution < -0.4 is 15.2 Å². The van der Waals surface area contributed by atoms with E-state index in [0.29, 0.717) is 19.0 Å². The summed E-state index contributed by atoms with van der Waals surface area (Å²) in [6.45, 7) is 4.79. The molecular weight excluding hydrogens is 352 g/mol. The number of amides is 2. The average Bonchev–Trinajstić information content (AvgIpc) is 2.66. The predicted octanol–water partition coefficient (Wildman–Crippen LogP) is 1.36. The Morgan fingerprint density at radius 1 is 1.22 bits per heavy atom. The van der Waals surface area contributed by atoms with E-state index in [9.17, 15) is 14.4 Å². The molecule has 0 aliphatic carbocycles. The topological polar surface area (TPSA) is 108 Å². The largest absolute Gasteiger partial charge is 0.493 e. The van der Waals surface area contributed by atoms with Gasteiger partial charge in [-0.25, -0.2) is 4.79 Å². The molecule has 1 heterocycles. The van der Waals surface area contributed by atoms with Gasteiger partial charge in [0.15, 0.2) is 24.2 Å². The number of primary amides is 1. The summed E-state index contributed by atoms with van der Waals surface area (Å²) in [5.74, 6) is -0.312. The molecule has 1 aromatic rings. The molecule has 2 amide bonds. The van der Waals surface area contributed by atoms with E-state index in [2.05, 4.69) is 6.92 Å². The average molecular weight is 378 g/mol. The molecule has 2 N–H and O–H groups in total. The molecule has 0 radical (unpaired) electrons. The number of carbonyl (C=O) groups excluding carboxylic acids is 3. The van der Waals surface area contributed by atoms with Crippen molar-refractivity contribution in [2.24, 2.45) is 11.7 Å². The standard InChI is InChI=1S/C19H26N2O6/c1-12-6-8-21(9-7-12)18(23)13(2)27-19(24)14-4-5-15(16(10-14)25-3)26-11-17(20)22/h4-5,10,12-13H,6-9,11H2,1-3H3,(H2,20,22). The molecule has 0 bridgehead atoms. The SMILES string of the molecule is COc1cc(C(=O)OC(C)C(=O)N2CCC(C)CC2)ccc1OCC(N)=O. The number of esters is 1. The van der Waals surface area contributed by atoms with Gasteiger partial charge in [0.25, 0.3) is 11.8 Å². The van der Waals surface area contributed by atoms with Crippen molar-refractivity contribution in [3.8, 4) is 11.5 Å². The van der Waals surface area contributed by atoms with Crippen LogP contribution in [0.15, 0.2) is 18.2 Å². The zero-order valence-corrected chi connectivity index (χ0v) is 15.9. The van der Waals surface area contributed by atoms with Crippen LogP contribution in [-0.4, -0.2) is 55.6 Å². The van der Waals surface area contributed by atoms with Gasteiger partial charge in [0, 0.05) is 13.1 Å². The van der Waals surface area contributed by atoms with Crippen molar-refractivity contribution in [1.82, 2.24) is 4.90 Å². The van der Waals surface area contributed by atoms with Crippen LogP contribution in [0.3, 0.4) is 0 Å². The van der Waals surface area contributed by atoms with Gasteiger partial charge in [0.2, 0.25) is 0 Å². The van der Waals surface area contributed by atoms with Gasteiger partial charge in [-0.15, -0.1) is 0 Å². The molecule has 27 heavy (non-hydrogen) atoms. The van der Waals surface area contributed by atoms with E-state index in [1.54, 1.807) is 11.8 Å². The number of nitrogens with zero attached hydrogens (tertiary/aromatic N) is 1. The van der Waals surface area contributed by atoms with Crippen LogP contribution in [0.5, 0.6) is 11.5 Å². The van der Waals surface area contributed by atoms with Crippen LogP contribution in [0.4, 0.5) is 0 Å². The lowest BCUT2D eigenvalue weighted by molar-refractivity contribution is -0.141. The summed E-state index contributed by atoms with van der Waals surface area (Å²) in [6, 6.07) is 4.39. The number of hydrogen-bond donors (Lipinski definition) is 1. The van der Waals surface area contributed by atoms with Crippen molar-refractivity contribution in [3.05, 3.63) is 23.8 Å². The fourth-order valence-electron chi connectivity index (χ4n) is 2.83. The van der Waals surface area contributed by atoms with E-state index in [4.69, 9.17) is 19.9 Å². The number of piperidine rings is 1. The van der Waals surface area contributed by atoms with Crippen molar-refractivity contribution in [2.75, 3.05) is 26.8 Å². The third-order valence-corrected chi connectivity index (χ3v) is 4.50. The summed E-state index contributed by atoms with van der Waals surface area (Å²) in [5, 5.41) is 0. The Labute approximate surface area is 158 Å². The molecule has 0 saturated carbocycles. The third kappa shape index (κ3) is 5.60. The first-order valence-corrected chi connectivity index (χ1v) is 8.90. The summed E-state index contributed by atoms with van der Waals surface area (Å²) < 4.78 is 15.7. The number of methoxy groups -OCH3 is 1. The molecule has 1 atom stereocenters. The van der Waals surface area contributed by atoms with Gasteiger partial charge in [0.05, 0.1) is 12.7 Å². The Balaban J connectivity index is 2.00. The second-order valence-corrected chi connectivity index (χ2v) is 6.68. The minimum Gasteiger partial charge on any atom is -0.493 e. The van der Waals surface area contributed by atoms with Gasteiger partial charge in [-0.05, 0) is 43.9 Å². The van der Waals surface area contributed by atoms with Gasteiger partial charge < -0.3 is 24.8 Å². The Bertz CT molecular complexity index is 697. The van der Waals surface area contributed by atoms with Gasteiger partial charge in [-0.3, -0.25) is 9.59 Å². The number of hydrogen-bond acceptors (Lipinski definition) is 6. The maximum atomic E-state index is 12.5. The minimum atomic E-state index is -0.873. The van der Waals surface area contributed by atoms with Gasteiger partial charge in [0.1, 0.15) is 0 Å². The van der Waals surface area contributed by atoms with Crippen molar-refractivity contribution >= 4 is 17.8 Å². The van der Waals surface area contributed by atoms with E-state index < -0.39 is 18.0 Å². The lowest BCUT2D eigenvalue weighted by atomic mass is 9.99. The van der Waals surface area contributed by atoms with Crippen LogP contribution in [0.2, 0.25) is 0 Å². The highest BCUT2D eigenvalue weighted by molar-refractivity contribution is 5.93. The fourth-order valence-corrected chi connectivity index (χ4v) is 2.83. The first-order valence-electron chi connectivity index (χ1n) is 8.90. The molecule has 0 aromatic heterocycles. The molecule has 8 heteroatoms. The molecule has 1 aliphatic heterocycles. The first-order chi connectivity index (χ1) is 12.8. The molecule has 1 saturated heterocycles. The monoisotopic (exact) mass is 378 g/mol. The molecule has 1 aromatic carbocycles. The van der Waals surface area contributed by atoms with Crippen LogP contribution in [0.25, 0.3) is 0 Å². The number of nitrogens with two attached hydrogens (primary N) is 1. The molecule has 1 unspecified atom stereocenters. The highest BCUT2D eigenvalue weighted by atomic mass is 16.5. The Morgan fingerprint density at radius 2 is 1.89 bits per heavy atom. The number of rotatable bonds is 7. The second kappa shape index (κ2) is 9.25. The van der Waals surface area contributed by atoms with Gasteiger partial charge in [-0.1, -0.05) is 6.92 Å². The normalized spacial score (nSPS) is 15.7.